The highest BCUT2D eigenvalue weighted by Crippen LogP contribution is 2.34. The summed E-state index contributed by atoms with van der Waals surface area (Å²) in [6.07, 6.45) is 2.07. The molecule has 2 aromatic carbocycles. The number of thioether (sulfide) groups is 1. The summed E-state index contributed by atoms with van der Waals surface area (Å²) in [5, 5.41) is 7.80. The Morgan fingerprint density at radius 2 is 1.89 bits per heavy atom. The Kier molecular flexibility index (Phi) is 8.29. The number of furan rings is 1. The second kappa shape index (κ2) is 11.8. The first-order valence-corrected chi connectivity index (χ1v) is 12.9. The predicted octanol–water partition coefficient (Wildman–Crippen LogP) is 6.18. The standard InChI is InChI=1S/C26H25N3O5S2/c1-4-23(36-18-8-5-7-17(14-18)27-24(30)21-9-6-12-34-21)25(31)29-26-28-19(15-35-26)16-10-11-20(32-2)22(13-16)33-3/h5-15,23H,4H2,1-3H3,(H,27,30)(H,28,29,31). The van der Waals surface area contributed by atoms with Crippen LogP contribution in [0.5, 0.6) is 11.5 Å². The lowest BCUT2D eigenvalue weighted by Crippen LogP contribution is -2.24. The first-order chi connectivity index (χ1) is 17.5. The van der Waals surface area contributed by atoms with Crippen LogP contribution in [0.25, 0.3) is 11.3 Å². The van der Waals surface area contributed by atoms with E-state index in [-0.39, 0.29) is 22.8 Å². The Hall–Kier alpha value is -3.76. The van der Waals surface area contributed by atoms with Crippen LogP contribution in [0, 0.1) is 0 Å². The molecule has 0 radical (unpaired) electrons. The number of carbonyl (C=O) groups excluding carboxylic acids is 2. The zero-order chi connectivity index (χ0) is 25.5. The average Bonchev–Trinajstić information content (AvgIpc) is 3.60. The number of benzene rings is 2. The molecular weight excluding hydrogens is 498 g/mol. The third-order valence-electron chi connectivity index (χ3n) is 5.19. The number of thiazole rings is 1. The van der Waals surface area contributed by atoms with Crippen LogP contribution in [0.2, 0.25) is 0 Å². The number of methoxy groups -OCH3 is 2. The lowest BCUT2D eigenvalue weighted by atomic mass is 10.1. The highest BCUT2D eigenvalue weighted by atomic mass is 32.2. The number of nitrogens with one attached hydrogen (secondary N) is 2. The molecular formula is C26H25N3O5S2. The van der Waals surface area contributed by atoms with E-state index < -0.39 is 0 Å². The molecule has 0 saturated heterocycles. The minimum Gasteiger partial charge on any atom is -0.493 e. The van der Waals surface area contributed by atoms with E-state index in [1.807, 2.05) is 48.7 Å². The van der Waals surface area contributed by atoms with Gasteiger partial charge in [-0.3, -0.25) is 9.59 Å². The highest BCUT2D eigenvalue weighted by Gasteiger charge is 2.20. The molecule has 0 fully saturated rings. The molecule has 0 saturated carbocycles. The molecule has 10 heteroatoms. The van der Waals surface area contributed by atoms with E-state index >= 15 is 0 Å². The topological polar surface area (TPSA) is 103 Å². The normalized spacial score (nSPS) is 11.5. The summed E-state index contributed by atoms with van der Waals surface area (Å²) in [4.78, 5) is 30.7. The summed E-state index contributed by atoms with van der Waals surface area (Å²) in [5.74, 6) is 1.01. The molecule has 4 rings (SSSR count). The van der Waals surface area contributed by atoms with Crippen molar-refractivity contribution in [3.05, 3.63) is 72.0 Å². The van der Waals surface area contributed by atoms with Crippen LogP contribution < -0.4 is 20.1 Å². The van der Waals surface area contributed by atoms with Gasteiger partial charge in [-0.2, -0.15) is 0 Å². The molecule has 0 bridgehead atoms. The van der Waals surface area contributed by atoms with Crippen molar-refractivity contribution in [2.45, 2.75) is 23.5 Å². The van der Waals surface area contributed by atoms with Gasteiger partial charge < -0.3 is 24.5 Å². The van der Waals surface area contributed by atoms with Crippen molar-refractivity contribution in [3.8, 4) is 22.8 Å². The van der Waals surface area contributed by atoms with E-state index in [9.17, 15) is 9.59 Å². The van der Waals surface area contributed by atoms with E-state index in [1.165, 1.54) is 29.4 Å². The van der Waals surface area contributed by atoms with Crippen LogP contribution in [0.15, 0.2) is 75.6 Å². The minimum absolute atomic E-state index is 0.138. The molecule has 0 spiro atoms. The molecule has 36 heavy (non-hydrogen) atoms. The predicted molar refractivity (Wildman–Crippen MR) is 142 cm³/mol. The summed E-state index contributed by atoms with van der Waals surface area (Å²) in [7, 11) is 3.17. The zero-order valence-electron chi connectivity index (χ0n) is 19.9. The maximum Gasteiger partial charge on any atom is 0.291 e. The van der Waals surface area contributed by atoms with Crippen LogP contribution in [0.1, 0.15) is 23.9 Å². The van der Waals surface area contributed by atoms with Crippen molar-refractivity contribution in [3.63, 3.8) is 0 Å². The summed E-state index contributed by atoms with van der Waals surface area (Å²) in [5.41, 5.74) is 2.22. The Labute approximate surface area is 217 Å². The fraction of sp³-hybridized carbons (Fsp3) is 0.192. The van der Waals surface area contributed by atoms with Gasteiger partial charge in [0.15, 0.2) is 22.4 Å². The summed E-state index contributed by atoms with van der Waals surface area (Å²) in [6.45, 7) is 1.96. The van der Waals surface area contributed by atoms with E-state index in [1.54, 1.807) is 32.4 Å². The number of rotatable bonds is 10. The summed E-state index contributed by atoms with van der Waals surface area (Å²) in [6, 6.07) is 16.2. The van der Waals surface area contributed by atoms with Gasteiger partial charge >= 0.3 is 0 Å². The van der Waals surface area contributed by atoms with Gasteiger partial charge in [0.05, 0.1) is 31.4 Å². The number of carbonyl (C=O) groups is 2. The van der Waals surface area contributed by atoms with Crippen LogP contribution in [0.4, 0.5) is 10.8 Å². The van der Waals surface area contributed by atoms with Crippen molar-refractivity contribution in [2.75, 3.05) is 24.9 Å². The van der Waals surface area contributed by atoms with Gasteiger partial charge in [0.25, 0.3) is 5.91 Å². The number of anilines is 2. The number of hydrogen-bond donors (Lipinski definition) is 2. The summed E-state index contributed by atoms with van der Waals surface area (Å²) >= 11 is 2.78. The number of nitrogens with zero attached hydrogens (tertiary/aromatic N) is 1. The quantitative estimate of drug-likeness (QED) is 0.239. The second-order valence-electron chi connectivity index (χ2n) is 7.57. The largest absolute Gasteiger partial charge is 0.493 e. The van der Waals surface area contributed by atoms with Crippen LogP contribution >= 0.6 is 23.1 Å². The Balaban J connectivity index is 1.40. The van der Waals surface area contributed by atoms with E-state index in [2.05, 4.69) is 15.6 Å². The second-order valence-corrected chi connectivity index (χ2v) is 9.71. The van der Waals surface area contributed by atoms with Crippen LogP contribution in [-0.2, 0) is 4.79 Å². The lowest BCUT2D eigenvalue weighted by molar-refractivity contribution is -0.115. The molecule has 1 unspecified atom stereocenters. The third kappa shape index (κ3) is 6.07. The molecule has 2 amide bonds. The summed E-state index contributed by atoms with van der Waals surface area (Å²) < 4.78 is 15.8. The highest BCUT2D eigenvalue weighted by molar-refractivity contribution is 8.00. The van der Waals surface area contributed by atoms with Crippen LogP contribution in [-0.4, -0.2) is 36.3 Å². The maximum absolute atomic E-state index is 13.0. The van der Waals surface area contributed by atoms with Gasteiger partial charge in [0.1, 0.15) is 0 Å². The van der Waals surface area contributed by atoms with E-state index in [0.29, 0.717) is 28.7 Å². The van der Waals surface area contributed by atoms with Crippen molar-refractivity contribution in [1.29, 1.82) is 0 Å². The molecule has 4 aromatic rings. The van der Waals surface area contributed by atoms with Gasteiger partial charge in [-0.25, -0.2) is 4.98 Å². The fourth-order valence-electron chi connectivity index (χ4n) is 3.38. The molecule has 8 nitrogen and oxygen atoms in total. The Morgan fingerprint density at radius 3 is 2.61 bits per heavy atom. The molecule has 1 atom stereocenters. The van der Waals surface area contributed by atoms with Crippen LogP contribution in [0.3, 0.4) is 0 Å². The van der Waals surface area contributed by atoms with Crippen molar-refractivity contribution >= 4 is 45.7 Å². The van der Waals surface area contributed by atoms with Gasteiger partial charge in [0, 0.05) is 21.5 Å². The monoisotopic (exact) mass is 523 g/mol. The van der Waals surface area contributed by atoms with E-state index in [0.717, 1.165) is 16.2 Å². The minimum atomic E-state index is -0.338. The van der Waals surface area contributed by atoms with Crippen molar-refractivity contribution < 1.29 is 23.5 Å². The molecule has 2 heterocycles. The fourth-order valence-corrected chi connectivity index (χ4v) is 5.12. The van der Waals surface area contributed by atoms with Crippen molar-refractivity contribution in [2.24, 2.45) is 0 Å². The Morgan fingerprint density at radius 1 is 1.06 bits per heavy atom. The van der Waals surface area contributed by atoms with E-state index in [4.69, 9.17) is 13.9 Å². The molecule has 2 N–H and O–H groups in total. The van der Waals surface area contributed by atoms with Gasteiger partial charge in [-0.15, -0.1) is 23.1 Å². The first-order valence-electron chi connectivity index (χ1n) is 11.1. The SMILES string of the molecule is CCC(Sc1cccc(NC(=O)c2ccco2)c1)C(=O)Nc1nc(-c2ccc(OC)c(OC)c2)cs1. The molecule has 186 valence electrons. The molecule has 0 aliphatic heterocycles. The lowest BCUT2D eigenvalue weighted by Gasteiger charge is -2.14. The number of hydrogen-bond acceptors (Lipinski definition) is 8. The molecule has 0 aliphatic rings. The Bertz CT molecular complexity index is 1340. The first kappa shape index (κ1) is 25.3. The molecule has 0 aliphatic carbocycles. The van der Waals surface area contributed by atoms with Gasteiger partial charge in [-0.1, -0.05) is 13.0 Å². The van der Waals surface area contributed by atoms with Gasteiger partial charge in [0.2, 0.25) is 5.91 Å². The third-order valence-corrected chi connectivity index (χ3v) is 7.31. The van der Waals surface area contributed by atoms with Crippen molar-refractivity contribution in [1.82, 2.24) is 4.98 Å². The average molecular weight is 524 g/mol. The number of ether oxygens (including phenoxy) is 2. The number of amides is 2. The number of aromatic nitrogens is 1. The maximum atomic E-state index is 13.0. The molecule has 2 aromatic heterocycles. The smallest absolute Gasteiger partial charge is 0.291 e. The zero-order valence-corrected chi connectivity index (χ0v) is 21.6. The van der Waals surface area contributed by atoms with Gasteiger partial charge in [-0.05, 0) is 55.0 Å².